The van der Waals surface area contributed by atoms with Gasteiger partial charge in [0.25, 0.3) is 0 Å². The lowest BCUT2D eigenvalue weighted by Crippen LogP contribution is -1.98. The molecule has 3 aromatic rings. The molecule has 5 nitrogen and oxygen atoms in total. The van der Waals surface area contributed by atoms with Crippen LogP contribution in [0.25, 0.3) is 17.1 Å². The third-order valence-corrected chi connectivity index (χ3v) is 2.89. The highest BCUT2D eigenvalue weighted by molar-refractivity contribution is 5.60. The summed E-state index contributed by atoms with van der Waals surface area (Å²) in [5.41, 5.74) is 9.39. The number of aryl methyl sites for hydroxylation is 1. The average Bonchev–Trinajstić information content (AvgIpc) is 2.89. The quantitative estimate of drug-likeness (QED) is 0.709. The number of nitrogen functional groups attached to an aromatic ring is 1. The summed E-state index contributed by atoms with van der Waals surface area (Å²) in [6.07, 6.45) is 5.21. The summed E-state index contributed by atoms with van der Waals surface area (Å²) in [5, 5.41) is 4.46. The Morgan fingerprint density at radius 3 is 2.89 bits per heavy atom. The molecule has 1 aromatic carbocycles. The minimum atomic E-state index is 0.649. The molecular weight excluding hydrogens is 238 g/mol. The summed E-state index contributed by atoms with van der Waals surface area (Å²) in [6, 6.07) is 9.46. The molecule has 0 saturated carbocycles. The molecule has 3 rings (SSSR count). The Labute approximate surface area is 110 Å². The van der Waals surface area contributed by atoms with Crippen LogP contribution in [0.3, 0.4) is 0 Å². The Morgan fingerprint density at radius 1 is 1.21 bits per heavy atom. The monoisotopic (exact) mass is 251 g/mol. The number of aromatic nitrogens is 4. The van der Waals surface area contributed by atoms with Crippen LogP contribution in [0.5, 0.6) is 0 Å². The highest BCUT2D eigenvalue weighted by atomic mass is 15.3. The number of hydrogen-bond donors (Lipinski definition) is 1. The second-order valence-corrected chi connectivity index (χ2v) is 4.30. The average molecular weight is 251 g/mol. The van der Waals surface area contributed by atoms with Gasteiger partial charge in [-0.1, -0.05) is 12.1 Å². The first-order valence-corrected chi connectivity index (χ1v) is 5.92. The molecule has 5 heteroatoms. The molecule has 0 bridgehead atoms. The van der Waals surface area contributed by atoms with Gasteiger partial charge in [-0.05, 0) is 30.7 Å². The second-order valence-electron chi connectivity index (χ2n) is 4.30. The number of nitrogens with two attached hydrogens (primary N) is 1. The van der Waals surface area contributed by atoms with Gasteiger partial charge in [0, 0.05) is 17.4 Å². The van der Waals surface area contributed by atoms with Crippen LogP contribution < -0.4 is 5.73 Å². The Kier molecular flexibility index (Phi) is 2.72. The van der Waals surface area contributed by atoms with Gasteiger partial charge < -0.3 is 5.73 Å². The van der Waals surface area contributed by atoms with Gasteiger partial charge in [-0.25, -0.2) is 9.67 Å². The lowest BCUT2D eigenvalue weighted by Gasteiger charge is -2.02. The molecule has 0 aliphatic carbocycles. The first kappa shape index (κ1) is 11.4. The largest absolute Gasteiger partial charge is 0.399 e. The van der Waals surface area contributed by atoms with Crippen LogP contribution in [0.2, 0.25) is 0 Å². The van der Waals surface area contributed by atoms with Gasteiger partial charge in [0.2, 0.25) is 0 Å². The van der Waals surface area contributed by atoms with E-state index in [0.717, 1.165) is 16.8 Å². The molecule has 0 aliphatic rings. The van der Waals surface area contributed by atoms with Crippen molar-refractivity contribution in [1.29, 1.82) is 0 Å². The van der Waals surface area contributed by atoms with E-state index in [1.54, 1.807) is 23.4 Å². The standard InChI is InChI=1S/C14H13N5/c1-10-5-6-16-8-13(10)19-9-17-14(18-19)11-3-2-4-12(15)7-11/h2-9H,15H2,1H3. The first-order valence-electron chi connectivity index (χ1n) is 5.92. The summed E-state index contributed by atoms with van der Waals surface area (Å²) in [7, 11) is 0. The maximum atomic E-state index is 5.77. The lowest BCUT2D eigenvalue weighted by molar-refractivity contribution is 0.867. The Hall–Kier alpha value is -2.69. The second kappa shape index (κ2) is 4.53. The smallest absolute Gasteiger partial charge is 0.181 e. The fourth-order valence-corrected chi connectivity index (χ4v) is 1.88. The van der Waals surface area contributed by atoms with Gasteiger partial charge in [-0.2, -0.15) is 0 Å². The number of hydrogen-bond acceptors (Lipinski definition) is 4. The van der Waals surface area contributed by atoms with Crippen LogP contribution >= 0.6 is 0 Å². The van der Waals surface area contributed by atoms with E-state index in [9.17, 15) is 0 Å². The molecule has 0 fully saturated rings. The molecule has 19 heavy (non-hydrogen) atoms. The molecule has 2 aromatic heterocycles. The van der Waals surface area contributed by atoms with Crippen molar-refractivity contribution >= 4 is 5.69 Å². The van der Waals surface area contributed by atoms with Gasteiger partial charge in [0.05, 0.1) is 11.9 Å². The van der Waals surface area contributed by atoms with Crippen LogP contribution in [0.1, 0.15) is 5.56 Å². The number of benzene rings is 1. The number of anilines is 1. The Morgan fingerprint density at radius 2 is 2.11 bits per heavy atom. The Balaban J connectivity index is 2.03. The molecule has 0 atom stereocenters. The summed E-state index contributed by atoms with van der Waals surface area (Å²) < 4.78 is 1.72. The minimum Gasteiger partial charge on any atom is -0.399 e. The van der Waals surface area contributed by atoms with Gasteiger partial charge in [-0.15, -0.1) is 5.10 Å². The van der Waals surface area contributed by atoms with E-state index >= 15 is 0 Å². The van der Waals surface area contributed by atoms with Crippen molar-refractivity contribution in [3.8, 4) is 17.1 Å². The molecule has 0 spiro atoms. The molecule has 0 amide bonds. The van der Waals surface area contributed by atoms with E-state index in [4.69, 9.17) is 5.73 Å². The topological polar surface area (TPSA) is 69.6 Å². The van der Waals surface area contributed by atoms with E-state index in [1.165, 1.54) is 0 Å². The van der Waals surface area contributed by atoms with E-state index in [0.29, 0.717) is 11.5 Å². The van der Waals surface area contributed by atoms with Crippen molar-refractivity contribution in [2.75, 3.05) is 5.73 Å². The van der Waals surface area contributed by atoms with Crippen molar-refractivity contribution in [3.63, 3.8) is 0 Å². The molecule has 0 radical (unpaired) electrons. The van der Waals surface area contributed by atoms with Crippen LogP contribution in [0.15, 0.2) is 49.1 Å². The molecule has 2 N–H and O–H groups in total. The molecule has 0 unspecified atom stereocenters. The van der Waals surface area contributed by atoms with Crippen LogP contribution in [-0.4, -0.2) is 19.7 Å². The van der Waals surface area contributed by atoms with Gasteiger partial charge in [-0.3, -0.25) is 4.98 Å². The van der Waals surface area contributed by atoms with Crippen LogP contribution in [0, 0.1) is 6.92 Å². The van der Waals surface area contributed by atoms with Crippen molar-refractivity contribution in [2.24, 2.45) is 0 Å². The SMILES string of the molecule is Cc1ccncc1-n1cnc(-c2cccc(N)c2)n1. The predicted octanol–water partition coefficient (Wildman–Crippen LogP) is 2.22. The third-order valence-electron chi connectivity index (χ3n) is 2.89. The van der Waals surface area contributed by atoms with Gasteiger partial charge in [0.1, 0.15) is 6.33 Å². The van der Waals surface area contributed by atoms with Crippen molar-refractivity contribution in [1.82, 2.24) is 19.7 Å². The zero-order valence-corrected chi connectivity index (χ0v) is 10.5. The number of rotatable bonds is 2. The number of pyridine rings is 1. The van der Waals surface area contributed by atoms with E-state index < -0.39 is 0 Å². The summed E-state index contributed by atoms with van der Waals surface area (Å²) in [4.78, 5) is 8.42. The van der Waals surface area contributed by atoms with Gasteiger partial charge >= 0.3 is 0 Å². The summed E-state index contributed by atoms with van der Waals surface area (Å²) in [6.45, 7) is 2.01. The lowest BCUT2D eigenvalue weighted by atomic mass is 10.2. The fourth-order valence-electron chi connectivity index (χ4n) is 1.88. The minimum absolute atomic E-state index is 0.649. The highest BCUT2D eigenvalue weighted by Crippen LogP contribution is 2.18. The molecule has 94 valence electrons. The summed E-state index contributed by atoms with van der Waals surface area (Å²) in [5.74, 6) is 0.649. The zero-order chi connectivity index (χ0) is 13.2. The Bertz CT molecular complexity index is 717. The van der Waals surface area contributed by atoms with E-state index in [1.807, 2.05) is 37.3 Å². The predicted molar refractivity (Wildman–Crippen MR) is 73.7 cm³/mol. The molecule has 0 saturated heterocycles. The maximum Gasteiger partial charge on any atom is 0.181 e. The van der Waals surface area contributed by atoms with E-state index in [2.05, 4.69) is 15.1 Å². The van der Waals surface area contributed by atoms with Crippen molar-refractivity contribution in [3.05, 3.63) is 54.6 Å². The van der Waals surface area contributed by atoms with Crippen LogP contribution in [0.4, 0.5) is 5.69 Å². The summed E-state index contributed by atoms with van der Waals surface area (Å²) >= 11 is 0. The highest BCUT2D eigenvalue weighted by Gasteiger charge is 2.07. The maximum absolute atomic E-state index is 5.77. The molecule has 0 aliphatic heterocycles. The molecular formula is C14H13N5. The van der Waals surface area contributed by atoms with E-state index in [-0.39, 0.29) is 0 Å². The van der Waals surface area contributed by atoms with Crippen molar-refractivity contribution < 1.29 is 0 Å². The van der Waals surface area contributed by atoms with Crippen LogP contribution in [-0.2, 0) is 0 Å². The third kappa shape index (κ3) is 2.18. The van der Waals surface area contributed by atoms with Crippen molar-refractivity contribution in [2.45, 2.75) is 6.92 Å². The zero-order valence-electron chi connectivity index (χ0n) is 10.5. The molecule has 2 heterocycles. The van der Waals surface area contributed by atoms with Gasteiger partial charge in [0.15, 0.2) is 5.82 Å². The number of nitrogens with zero attached hydrogens (tertiary/aromatic N) is 4. The normalized spacial score (nSPS) is 10.6. The first-order chi connectivity index (χ1) is 9.24. The fraction of sp³-hybridized carbons (Fsp3) is 0.0714.